The van der Waals surface area contributed by atoms with Crippen molar-refractivity contribution in [2.24, 2.45) is 0 Å². The molecule has 4 nitrogen and oxygen atoms in total. The van der Waals surface area contributed by atoms with Crippen molar-refractivity contribution in [2.75, 3.05) is 20.2 Å². The van der Waals surface area contributed by atoms with Gasteiger partial charge in [0.15, 0.2) is 0 Å². The molecule has 2 aliphatic rings. The van der Waals surface area contributed by atoms with Crippen molar-refractivity contribution in [3.05, 3.63) is 57.8 Å². The van der Waals surface area contributed by atoms with E-state index in [-0.39, 0.29) is 23.5 Å². The SMILES string of the molecule is CO[C@H]1[C@H](NC(=O)Cc2cccs2)c2ccccc2C12CCNCC2. The highest BCUT2D eigenvalue weighted by Crippen LogP contribution is 2.51. The van der Waals surface area contributed by atoms with Crippen LogP contribution in [0, 0.1) is 0 Å². The lowest BCUT2D eigenvalue weighted by molar-refractivity contribution is -0.122. The molecule has 1 saturated heterocycles. The summed E-state index contributed by atoms with van der Waals surface area (Å²) in [5, 5.41) is 8.73. The fourth-order valence-electron chi connectivity index (χ4n) is 4.59. The number of benzene rings is 1. The molecule has 0 unspecified atom stereocenters. The van der Waals surface area contributed by atoms with Gasteiger partial charge in [-0.15, -0.1) is 11.3 Å². The first-order valence-electron chi connectivity index (χ1n) is 8.89. The molecular formula is C20H24N2O2S. The van der Waals surface area contributed by atoms with E-state index in [1.165, 1.54) is 11.1 Å². The maximum absolute atomic E-state index is 12.6. The van der Waals surface area contributed by atoms with Gasteiger partial charge < -0.3 is 15.4 Å². The standard InChI is InChI=1S/C20H24N2O2S/c1-24-19-18(22-17(23)13-14-5-4-12-25-14)15-6-2-3-7-16(15)20(19)8-10-21-11-9-20/h2-7,12,18-19,21H,8-11,13H2,1H3,(H,22,23)/t18-,19+/m1/s1. The lowest BCUT2D eigenvalue weighted by Crippen LogP contribution is -2.49. The van der Waals surface area contributed by atoms with Crippen LogP contribution >= 0.6 is 11.3 Å². The lowest BCUT2D eigenvalue weighted by atomic mass is 9.72. The molecule has 1 fully saturated rings. The molecule has 132 valence electrons. The van der Waals surface area contributed by atoms with E-state index in [1.807, 2.05) is 17.5 Å². The summed E-state index contributed by atoms with van der Waals surface area (Å²) in [7, 11) is 1.78. The van der Waals surface area contributed by atoms with E-state index in [9.17, 15) is 4.79 Å². The monoisotopic (exact) mass is 356 g/mol. The van der Waals surface area contributed by atoms with E-state index < -0.39 is 0 Å². The summed E-state index contributed by atoms with van der Waals surface area (Å²) in [6.07, 6.45) is 2.50. The maximum Gasteiger partial charge on any atom is 0.225 e. The number of rotatable bonds is 4. The van der Waals surface area contributed by atoms with Crippen LogP contribution in [-0.4, -0.2) is 32.2 Å². The molecule has 1 aliphatic heterocycles. The van der Waals surface area contributed by atoms with E-state index in [4.69, 9.17) is 4.74 Å². The molecule has 1 aliphatic carbocycles. The number of carbonyl (C=O) groups excluding carboxylic acids is 1. The number of hydrogen-bond acceptors (Lipinski definition) is 4. The second-order valence-electron chi connectivity index (χ2n) is 6.95. The first-order chi connectivity index (χ1) is 12.2. The van der Waals surface area contributed by atoms with Gasteiger partial charge in [-0.05, 0) is 48.5 Å². The molecule has 0 radical (unpaired) electrons. The van der Waals surface area contributed by atoms with Crippen LogP contribution in [0.5, 0.6) is 0 Å². The average molecular weight is 356 g/mol. The highest BCUT2D eigenvalue weighted by molar-refractivity contribution is 7.10. The van der Waals surface area contributed by atoms with Crippen molar-refractivity contribution in [2.45, 2.75) is 36.8 Å². The minimum Gasteiger partial charge on any atom is -0.378 e. The number of amides is 1. The quantitative estimate of drug-likeness (QED) is 0.886. The Labute approximate surface area is 152 Å². The molecule has 2 heterocycles. The molecule has 4 rings (SSSR count). The Morgan fingerprint density at radius 1 is 1.28 bits per heavy atom. The van der Waals surface area contributed by atoms with Crippen LogP contribution in [0.3, 0.4) is 0 Å². The molecule has 0 bridgehead atoms. The van der Waals surface area contributed by atoms with Crippen molar-refractivity contribution >= 4 is 17.2 Å². The van der Waals surface area contributed by atoms with Gasteiger partial charge in [-0.2, -0.15) is 0 Å². The van der Waals surface area contributed by atoms with Gasteiger partial charge in [-0.3, -0.25) is 4.79 Å². The minimum absolute atomic E-state index is 0.00251. The smallest absolute Gasteiger partial charge is 0.225 e. The third-order valence-electron chi connectivity index (χ3n) is 5.66. The molecule has 2 aromatic rings. The summed E-state index contributed by atoms with van der Waals surface area (Å²) >= 11 is 1.62. The van der Waals surface area contributed by atoms with Gasteiger partial charge in [0.1, 0.15) is 0 Å². The van der Waals surface area contributed by atoms with Crippen molar-refractivity contribution in [1.29, 1.82) is 0 Å². The highest BCUT2D eigenvalue weighted by atomic mass is 32.1. The molecule has 1 aromatic carbocycles. The third kappa shape index (κ3) is 2.90. The largest absolute Gasteiger partial charge is 0.378 e. The van der Waals surface area contributed by atoms with Gasteiger partial charge >= 0.3 is 0 Å². The van der Waals surface area contributed by atoms with Gasteiger partial charge in [-0.1, -0.05) is 30.3 Å². The van der Waals surface area contributed by atoms with E-state index in [0.717, 1.165) is 30.8 Å². The Balaban J connectivity index is 1.63. The Morgan fingerprint density at radius 2 is 2.08 bits per heavy atom. The minimum atomic E-state index is -0.0771. The summed E-state index contributed by atoms with van der Waals surface area (Å²) in [6, 6.07) is 12.4. The normalized spacial score (nSPS) is 24.2. The molecule has 2 N–H and O–H groups in total. The van der Waals surface area contributed by atoms with Gasteiger partial charge in [-0.25, -0.2) is 0 Å². The van der Waals surface area contributed by atoms with E-state index >= 15 is 0 Å². The number of thiophene rings is 1. The van der Waals surface area contributed by atoms with Crippen LogP contribution in [0.25, 0.3) is 0 Å². The number of ether oxygens (including phenoxy) is 1. The second kappa shape index (κ2) is 6.90. The fourth-order valence-corrected chi connectivity index (χ4v) is 5.30. The van der Waals surface area contributed by atoms with E-state index in [2.05, 4.69) is 34.9 Å². The summed E-state index contributed by atoms with van der Waals surface area (Å²) in [4.78, 5) is 13.7. The fraction of sp³-hybridized carbons (Fsp3) is 0.450. The van der Waals surface area contributed by atoms with Gasteiger partial charge in [0, 0.05) is 17.4 Å². The zero-order chi connectivity index (χ0) is 17.3. The zero-order valence-corrected chi connectivity index (χ0v) is 15.3. The second-order valence-corrected chi connectivity index (χ2v) is 7.98. The number of piperidine rings is 1. The summed E-state index contributed by atoms with van der Waals surface area (Å²) in [6.45, 7) is 1.98. The molecule has 1 spiro atoms. The third-order valence-corrected chi connectivity index (χ3v) is 6.54. The first-order valence-corrected chi connectivity index (χ1v) is 9.77. The van der Waals surface area contributed by atoms with Crippen molar-refractivity contribution in [1.82, 2.24) is 10.6 Å². The Hall–Kier alpha value is -1.69. The summed E-state index contributed by atoms with van der Waals surface area (Å²) in [5.74, 6) is 0.0651. The Morgan fingerprint density at radius 3 is 2.80 bits per heavy atom. The topological polar surface area (TPSA) is 50.4 Å². The molecule has 25 heavy (non-hydrogen) atoms. The predicted octanol–water partition coefficient (Wildman–Crippen LogP) is 2.80. The Bertz CT molecular complexity index is 738. The lowest BCUT2D eigenvalue weighted by Gasteiger charge is -2.40. The van der Waals surface area contributed by atoms with Gasteiger partial charge in [0.25, 0.3) is 0 Å². The van der Waals surface area contributed by atoms with Crippen molar-refractivity contribution < 1.29 is 9.53 Å². The average Bonchev–Trinajstić information content (AvgIpc) is 3.22. The number of nitrogens with one attached hydrogen (secondary N) is 2. The molecule has 2 atom stereocenters. The van der Waals surface area contributed by atoms with E-state index in [0.29, 0.717) is 6.42 Å². The molecule has 1 amide bonds. The van der Waals surface area contributed by atoms with Crippen LogP contribution in [0.2, 0.25) is 0 Å². The summed E-state index contributed by atoms with van der Waals surface area (Å²) in [5.41, 5.74) is 2.57. The van der Waals surface area contributed by atoms with Crippen LogP contribution < -0.4 is 10.6 Å². The number of carbonyl (C=O) groups is 1. The number of hydrogen-bond donors (Lipinski definition) is 2. The van der Waals surface area contributed by atoms with E-state index in [1.54, 1.807) is 18.4 Å². The van der Waals surface area contributed by atoms with Crippen LogP contribution in [-0.2, 0) is 21.4 Å². The molecule has 5 heteroatoms. The van der Waals surface area contributed by atoms with Crippen LogP contribution in [0.1, 0.15) is 34.9 Å². The molecule has 0 saturated carbocycles. The van der Waals surface area contributed by atoms with Gasteiger partial charge in [0.2, 0.25) is 5.91 Å². The van der Waals surface area contributed by atoms with Gasteiger partial charge in [0.05, 0.1) is 18.6 Å². The molecular weight excluding hydrogens is 332 g/mol. The van der Waals surface area contributed by atoms with Crippen LogP contribution in [0.15, 0.2) is 41.8 Å². The predicted molar refractivity (Wildman–Crippen MR) is 99.9 cm³/mol. The number of fused-ring (bicyclic) bond motifs is 2. The highest BCUT2D eigenvalue weighted by Gasteiger charge is 2.53. The van der Waals surface area contributed by atoms with Crippen LogP contribution in [0.4, 0.5) is 0 Å². The van der Waals surface area contributed by atoms with Crippen molar-refractivity contribution in [3.8, 4) is 0 Å². The van der Waals surface area contributed by atoms with Crippen molar-refractivity contribution in [3.63, 3.8) is 0 Å². The summed E-state index contributed by atoms with van der Waals surface area (Å²) < 4.78 is 6.00. The zero-order valence-electron chi connectivity index (χ0n) is 14.5. The Kier molecular flexibility index (Phi) is 4.63. The first kappa shape index (κ1) is 16.8. The number of methoxy groups -OCH3 is 1. The molecule has 1 aromatic heterocycles. The maximum atomic E-state index is 12.6.